The lowest BCUT2D eigenvalue weighted by molar-refractivity contribution is -0.126. The van der Waals surface area contributed by atoms with Crippen LogP contribution >= 0.6 is 0 Å². The van der Waals surface area contributed by atoms with Crippen LogP contribution in [0.2, 0.25) is 0 Å². The fraction of sp³-hybridized carbons (Fsp3) is 0.857. The summed E-state index contributed by atoms with van der Waals surface area (Å²) in [6.45, 7) is 3.08. The fourth-order valence-electron chi connectivity index (χ4n) is 0. The molecule has 1 N–H and O–H groups in total. The minimum atomic E-state index is -0.616. The molecular formula is C7H17NO3. The molecule has 4 heteroatoms. The van der Waals surface area contributed by atoms with E-state index in [2.05, 4.69) is 4.74 Å². The molecule has 0 bridgehead atoms. The van der Waals surface area contributed by atoms with E-state index < -0.39 is 6.29 Å². The number of rotatable bonds is 1. The third-order valence-electron chi connectivity index (χ3n) is 0.971. The second-order valence-electron chi connectivity index (χ2n) is 2.25. The second-order valence-corrected chi connectivity index (χ2v) is 2.25. The van der Waals surface area contributed by atoms with E-state index in [0.717, 1.165) is 0 Å². The lowest BCUT2D eigenvalue weighted by atomic mass is 10.7. The van der Waals surface area contributed by atoms with Crippen LogP contribution < -0.4 is 0 Å². The van der Waals surface area contributed by atoms with Crippen LogP contribution in [0.5, 0.6) is 0 Å². The van der Waals surface area contributed by atoms with E-state index in [1.807, 2.05) is 0 Å². The molecule has 0 spiro atoms. The highest BCUT2D eigenvalue weighted by Gasteiger charge is 1.87. The van der Waals surface area contributed by atoms with E-state index in [1.54, 1.807) is 21.0 Å². The van der Waals surface area contributed by atoms with Crippen LogP contribution in [-0.2, 0) is 9.53 Å². The zero-order valence-electron chi connectivity index (χ0n) is 7.79. The zero-order chi connectivity index (χ0) is 9.44. The van der Waals surface area contributed by atoms with Crippen molar-refractivity contribution in [2.24, 2.45) is 0 Å². The van der Waals surface area contributed by atoms with Crippen molar-refractivity contribution >= 4 is 5.91 Å². The molecule has 0 aliphatic heterocycles. The van der Waals surface area contributed by atoms with Gasteiger partial charge in [-0.3, -0.25) is 4.79 Å². The number of carbonyl (C=O) groups is 1. The minimum absolute atomic E-state index is 0.0926. The van der Waals surface area contributed by atoms with Gasteiger partial charge in [-0.25, -0.2) is 0 Å². The number of hydrogen-bond donors (Lipinski definition) is 1. The van der Waals surface area contributed by atoms with Gasteiger partial charge < -0.3 is 14.7 Å². The summed E-state index contributed by atoms with van der Waals surface area (Å²) < 4.78 is 4.31. The zero-order valence-corrected chi connectivity index (χ0v) is 7.79. The van der Waals surface area contributed by atoms with Crippen molar-refractivity contribution in [2.75, 3.05) is 21.2 Å². The predicted octanol–water partition coefficient (Wildman–Crippen LogP) is 0.0656. The van der Waals surface area contributed by atoms with Crippen LogP contribution in [0.25, 0.3) is 0 Å². The number of amides is 1. The van der Waals surface area contributed by atoms with Gasteiger partial charge in [-0.05, 0) is 6.92 Å². The Bertz CT molecular complexity index is 102. The molecule has 0 saturated heterocycles. The first kappa shape index (κ1) is 13.0. The summed E-state index contributed by atoms with van der Waals surface area (Å²) in [5.74, 6) is 0.0926. The first-order valence-corrected chi connectivity index (χ1v) is 3.30. The number of nitrogens with zero attached hydrogens (tertiary/aromatic N) is 1. The molecule has 68 valence electrons. The molecule has 1 amide bonds. The van der Waals surface area contributed by atoms with Gasteiger partial charge in [0.15, 0.2) is 6.29 Å². The molecule has 4 nitrogen and oxygen atoms in total. The van der Waals surface area contributed by atoms with E-state index >= 15 is 0 Å². The smallest absolute Gasteiger partial charge is 0.218 e. The highest BCUT2D eigenvalue weighted by Crippen LogP contribution is 1.72. The Morgan fingerprint density at radius 1 is 1.55 bits per heavy atom. The topological polar surface area (TPSA) is 49.8 Å². The summed E-state index contributed by atoms with van der Waals surface area (Å²) in [4.78, 5) is 11.6. The monoisotopic (exact) mass is 163 g/mol. The summed E-state index contributed by atoms with van der Waals surface area (Å²) in [5.41, 5.74) is 0. The standard InChI is InChI=1S/C4H9NO.C3H8O2/c1-4(6)5(2)3;1-3(4)5-2/h1-3H3;3-4H,1-2H3. The molecule has 0 aliphatic carbocycles. The Morgan fingerprint density at radius 3 is 1.73 bits per heavy atom. The average Bonchev–Trinajstić information content (AvgIpc) is 1.89. The SMILES string of the molecule is CC(=O)N(C)C.COC(C)O. The molecule has 1 unspecified atom stereocenters. The van der Waals surface area contributed by atoms with Crippen molar-refractivity contribution in [1.29, 1.82) is 0 Å². The molecule has 0 radical (unpaired) electrons. The molecule has 0 aromatic heterocycles. The molecular weight excluding hydrogens is 146 g/mol. The van der Waals surface area contributed by atoms with Crippen LogP contribution in [0.15, 0.2) is 0 Å². The normalized spacial score (nSPS) is 11.1. The van der Waals surface area contributed by atoms with Crippen LogP contribution in [0.1, 0.15) is 13.8 Å². The van der Waals surface area contributed by atoms with Gasteiger partial charge in [0.25, 0.3) is 0 Å². The Labute approximate surface area is 67.8 Å². The average molecular weight is 163 g/mol. The van der Waals surface area contributed by atoms with Gasteiger partial charge in [0, 0.05) is 28.1 Å². The maximum absolute atomic E-state index is 10.1. The van der Waals surface area contributed by atoms with E-state index in [4.69, 9.17) is 5.11 Å². The molecule has 0 saturated carbocycles. The summed E-state index contributed by atoms with van der Waals surface area (Å²) >= 11 is 0. The molecule has 0 heterocycles. The van der Waals surface area contributed by atoms with E-state index in [-0.39, 0.29) is 5.91 Å². The van der Waals surface area contributed by atoms with Crippen molar-refractivity contribution < 1.29 is 14.6 Å². The number of hydrogen-bond acceptors (Lipinski definition) is 3. The van der Waals surface area contributed by atoms with Gasteiger partial charge in [0.1, 0.15) is 0 Å². The van der Waals surface area contributed by atoms with E-state index in [1.165, 1.54) is 18.9 Å². The van der Waals surface area contributed by atoms with Gasteiger partial charge >= 0.3 is 0 Å². The number of aliphatic hydroxyl groups is 1. The maximum atomic E-state index is 10.1. The van der Waals surface area contributed by atoms with Crippen molar-refractivity contribution in [2.45, 2.75) is 20.1 Å². The van der Waals surface area contributed by atoms with Gasteiger partial charge in [-0.2, -0.15) is 0 Å². The van der Waals surface area contributed by atoms with Crippen LogP contribution in [-0.4, -0.2) is 43.4 Å². The quantitative estimate of drug-likeness (QED) is 0.556. The Balaban J connectivity index is 0. The summed E-state index contributed by atoms with van der Waals surface area (Å²) in [7, 11) is 4.90. The number of ether oxygens (including phenoxy) is 1. The lowest BCUT2D eigenvalue weighted by Crippen LogP contribution is -2.17. The Kier molecular flexibility index (Phi) is 8.87. The van der Waals surface area contributed by atoms with E-state index in [0.29, 0.717) is 0 Å². The Morgan fingerprint density at radius 2 is 1.73 bits per heavy atom. The molecule has 11 heavy (non-hydrogen) atoms. The lowest BCUT2D eigenvalue weighted by Gasteiger charge is -2.02. The highest BCUT2D eigenvalue weighted by molar-refractivity contribution is 5.72. The third-order valence-corrected chi connectivity index (χ3v) is 0.971. The molecule has 0 rings (SSSR count). The number of aliphatic hydroxyl groups excluding tert-OH is 1. The summed E-state index contributed by atoms with van der Waals surface area (Å²) in [6, 6.07) is 0. The summed E-state index contributed by atoms with van der Waals surface area (Å²) in [5, 5.41) is 8.14. The molecule has 0 fully saturated rings. The molecule has 0 aromatic carbocycles. The van der Waals surface area contributed by atoms with Crippen molar-refractivity contribution in [3.05, 3.63) is 0 Å². The molecule has 1 atom stereocenters. The third kappa shape index (κ3) is 17.7. The second kappa shape index (κ2) is 7.50. The molecule has 0 aromatic rings. The van der Waals surface area contributed by atoms with Crippen LogP contribution in [0.4, 0.5) is 0 Å². The first-order chi connectivity index (χ1) is 4.91. The minimum Gasteiger partial charge on any atom is -0.368 e. The van der Waals surface area contributed by atoms with Gasteiger partial charge in [-0.1, -0.05) is 0 Å². The van der Waals surface area contributed by atoms with Gasteiger partial charge in [0.2, 0.25) is 5.91 Å². The number of methoxy groups -OCH3 is 1. The van der Waals surface area contributed by atoms with Gasteiger partial charge in [0.05, 0.1) is 0 Å². The first-order valence-electron chi connectivity index (χ1n) is 3.30. The van der Waals surface area contributed by atoms with Crippen molar-refractivity contribution in [1.82, 2.24) is 4.90 Å². The van der Waals surface area contributed by atoms with Crippen molar-refractivity contribution in [3.8, 4) is 0 Å². The maximum Gasteiger partial charge on any atom is 0.218 e. The van der Waals surface area contributed by atoms with Crippen molar-refractivity contribution in [3.63, 3.8) is 0 Å². The molecule has 0 aliphatic rings. The number of carbonyl (C=O) groups excluding carboxylic acids is 1. The summed E-state index contributed by atoms with van der Waals surface area (Å²) in [6.07, 6.45) is -0.616. The van der Waals surface area contributed by atoms with E-state index in [9.17, 15) is 4.79 Å². The van der Waals surface area contributed by atoms with Crippen LogP contribution in [0.3, 0.4) is 0 Å². The Hall–Kier alpha value is -0.610. The predicted molar refractivity (Wildman–Crippen MR) is 43.1 cm³/mol. The van der Waals surface area contributed by atoms with Gasteiger partial charge in [-0.15, -0.1) is 0 Å². The highest BCUT2D eigenvalue weighted by atomic mass is 16.6. The van der Waals surface area contributed by atoms with Crippen LogP contribution in [0, 0.1) is 0 Å². The largest absolute Gasteiger partial charge is 0.368 e. The fourth-order valence-corrected chi connectivity index (χ4v) is 0.